The minimum atomic E-state index is -0.325. The number of aromatic nitrogens is 1. The maximum atomic E-state index is 5.78. The molecule has 0 radical (unpaired) electrons. The molecule has 4 rings (SSSR count). The SMILES string of the molecule is Brc1cccc2ccc(N3CCC4(CC3)OCCO4)nc12. The summed E-state index contributed by atoms with van der Waals surface area (Å²) in [5.74, 6) is 0.704. The zero-order chi connectivity index (χ0) is 14.3. The summed E-state index contributed by atoms with van der Waals surface area (Å²) < 4.78 is 12.6. The highest BCUT2D eigenvalue weighted by molar-refractivity contribution is 9.10. The molecule has 4 nitrogen and oxygen atoms in total. The minimum absolute atomic E-state index is 0.325. The van der Waals surface area contributed by atoms with Crippen LogP contribution in [0.5, 0.6) is 0 Å². The van der Waals surface area contributed by atoms with Crippen LogP contribution in [0.4, 0.5) is 5.82 Å². The molecule has 0 atom stereocenters. The van der Waals surface area contributed by atoms with Crippen molar-refractivity contribution in [2.45, 2.75) is 18.6 Å². The van der Waals surface area contributed by atoms with Crippen LogP contribution < -0.4 is 4.90 Å². The number of hydrogen-bond donors (Lipinski definition) is 0. The highest BCUT2D eigenvalue weighted by atomic mass is 79.9. The summed E-state index contributed by atoms with van der Waals surface area (Å²) in [5, 5.41) is 1.16. The average Bonchev–Trinajstić information content (AvgIpc) is 2.97. The summed E-state index contributed by atoms with van der Waals surface area (Å²) in [6.45, 7) is 3.29. The second kappa shape index (κ2) is 5.23. The zero-order valence-corrected chi connectivity index (χ0v) is 13.3. The van der Waals surface area contributed by atoms with Crippen LogP contribution in [0.2, 0.25) is 0 Å². The number of ether oxygens (including phenoxy) is 2. The molecule has 0 amide bonds. The van der Waals surface area contributed by atoms with Gasteiger partial charge in [-0.2, -0.15) is 0 Å². The Kier molecular flexibility index (Phi) is 3.36. The standard InChI is InChI=1S/C16H17BrN2O2/c17-13-3-1-2-12-4-5-14(18-15(12)13)19-8-6-16(7-9-19)20-10-11-21-16/h1-5H,6-11H2. The monoisotopic (exact) mass is 348 g/mol. The number of nitrogens with zero attached hydrogens (tertiary/aromatic N) is 2. The number of pyridine rings is 1. The first-order valence-electron chi connectivity index (χ1n) is 7.34. The van der Waals surface area contributed by atoms with Crippen LogP contribution in [0.25, 0.3) is 10.9 Å². The Bertz CT molecular complexity index is 660. The molecule has 3 heterocycles. The van der Waals surface area contributed by atoms with Gasteiger partial charge >= 0.3 is 0 Å². The van der Waals surface area contributed by atoms with Crippen molar-refractivity contribution >= 4 is 32.7 Å². The van der Waals surface area contributed by atoms with Crippen LogP contribution in [0.15, 0.2) is 34.8 Å². The summed E-state index contributed by atoms with van der Waals surface area (Å²) in [4.78, 5) is 7.13. The molecule has 1 aromatic heterocycles. The molecule has 110 valence electrons. The van der Waals surface area contributed by atoms with Crippen LogP contribution >= 0.6 is 15.9 Å². The molecule has 0 saturated carbocycles. The first-order valence-corrected chi connectivity index (χ1v) is 8.13. The molecule has 21 heavy (non-hydrogen) atoms. The fourth-order valence-electron chi connectivity index (χ4n) is 3.14. The van der Waals surface area contributed by atoms with Crippen molar-refractivity contribution in [2.75, 3.05) is 31.2 Å². The third-order valence-electron chi connectivity index (χ3n) is 4.32. The number of anilines is 1. The predicted octanol–water partition coefficient (Wildman–Crippen LogP) is 3.34. The van der Waals surface area contributed by atoms with Gasteiger partial charge in [0.05, 0.1) is 18.7 Å². The predicted molar refractivity (Wildman–Crippen MR) is 85.5 cm³/mol. The van der Waals surface area contributed by atoms with Crippen molar-refractivity contribution in [3.05, 3.63) is 34.8 Å². The lowest BCUT2D eigenvalue weighted by Gasteiger charge is -2.38. The van der Waals surface area contributed by atoms with Gasteiger partial charge in [-0.1, -0.05) is 12.1 Å². The molecular weight excluding hydrogens is 332 g/mol. The van der Waals surface area contributed by atoms with Crippen LogP contribution in [-0.4, -0.2) is 37.1 Å². The van der Waals surface area contributed by atoms with E-state index in [-0.39, 0.29) is 5.79 Å². The van der Waals surface area contributed by atoms with Gasteiger partial charge < -0.3 is 14.4 Å². The fourth-order valence-corrected chi connectivity index (χ4v) is 3.61. The van der Waals surface area contributed by atoms with Gasteiger partial charge in [0.15, 0.2) is 5.79 Å². The smallest absolute Gasteiger partial charge is 0.171 e. The number of hydrogen-bond acceptors (Lipinski definition) is 4. The number of fused-ring (bicyclic) bond motifs is 1. The van der Waals surface area contributed by atoms with Crippen LogP contribution in [-0.2, 0) is 9.47 Å². The van der Waals surface area contributed by atoms with E-state index in [1.807, 2.05) is 12.1 Å². The number of rotatable bonds is 1. The number of benzene rings is 1. The Balaban J connectivity index is 1.58. The quantitative estimate of drug-likeness (QED) is 0.791. The molecule has 5 heteroatoms. The maximum absolute atomic E-state index is 5.78. The lowest BCUT2D eigenvalue weighted by molar-refractivity contribution is -0.169. The van der Waals surface area contributed by atoms with Crippen molar-refractivity contribution in [1.82, 2.24) is 4.98 Å². The third kappa shape index (κ3) is 2.43. The van der Waals surface area contributed by atoms with E-state index in [9.17, 15) is 0 Å². The van der Waals surface area contributed by atoms with Crippen LogP contribution in [0, 0.1) is 0 Å². The lowest BCUT2D eigenvalue weighted by Crippen LogP contribution is -2.45. The van der Waals surface area contributed by atoms with Gasteiger partial charge in [0, 0.05) is 35.8 Å². The average molecular weight is 349 g/mol. The number of para-hydroxylation sites is 1. The second-order valence-corrected chi connectivity index (χ2v) is 6.43. The molecule has 0 unspecified atom stereocenters. The molecule has 0 bridgehead atoms. The normalized spacial score (nSPS) is 21.3. The van der Waals surface area contributed by atoms with E-state index in [0.29, 0.717) is 0 Å². The molecule has 2 aliphatic rings. The summed E-state index contributed by atoms with van der Waals surface area (Å²) in [6, 6.07) is 10.4. The largest absolute Gasteiger partial charge is 0.356 e. The van der Waals surface area contributed by atoms with Crippen molar-refractivity contribution in [1.29, 1.82) is 0 Å². The van der Waals surface area contributed by atoms with Gasteiger partial charge in [-0.3, -0.25) is 0 Å². The lowest BCUT2D eigenvalue weighted by atomic mass is 10.0. The van der Waals surface area contributed by atoms with E-state index in [0.717, 1.165) is 60.3 Å². The van der Waals surface area contributed by atoms with Crippen molar-refractivity contribution < 1.29 is 9.47 Å². The molecule has 2 fully saturated rings. The molecule has 0 aliphatic carbocycles. The first kappa shape index (κ1) is 13.5. The van der Waals surface area contributed by atoms with E-state index >= 15 is 0 Å². The summed E-state index contributed by atoms with van der Waals surface area (Å²) in [5.41, 5.74) is 1.02. The number of halogens is 1. The topological polar surface area (TPSA) is 34.6 Å². The Morgan fingerprint density at radius 1 is 1.05 bits per heavy atom. The van der Waals surface area contributed by atoms with Crippen molar-refractivity contribution in [2.24, 2.45) is 0 Å². The van der Waals surface area contributed by atoms with E-state index < -0.39 is 0 Å². The highest BCUT2D eigenvalue weighted by Gasteiger charge is 2.40. The molecule has 1 aromatic carbocycles. The third-order valence-corrected chi connectivity index (χ3v) is 4.96. The van der Waals surface area contributed by atoms with E-state index in [2.05, 4.69) is 39.0 Å². The maximum Gasteiger partial charge on any atom is 0.171 e. The highest BCUT2D eigenvalue weighted by Crippen LogP contribution is 2.33. The molecule has 0 N–H and O–H groups in total. The first-order chi connectivity index (χ1) is 10.3. The van der Waals surface area contributed by atoms with E-state index in [4.69, 9.17) is 14.5 Å². The zero-order valence-electron chi connectivity index (χ0n) is 11.7. The Labute approximate surface area is 132 Å². The van der Waals surface area contributed by atoms with Crippen LogP contribution in [0.3, 0.4) is 0 Å². The summed E-state index contributed by atoms with van der Waals surface area (Å²) >= 11 is 3.58. The van der Waals surface area contributed by atoms with E-state index in [1.54, 1.807) is 0 Å². The van der Waals surface area contributed by atoms with E-state index in [1.165, 1.54) is 0 Å². The van der Waals surface area contributed by atoms with Gasteiger partial charge in [0.25, 0.3) is 0 Å². The van der Waals surface area contributed by atoms with Gasteiger partial charge in [-0.25, -0.2) is 4.98 Å². The molecule has 1 spiro atoms. The molecule has 2 aliphatic heterocycles. The molecular formula is C16H17BrN2O2. The minimum Gasteiger partial charge on any atom is -0.356 e. The second-order valence-electron chi connectivity index (χ2n) is 5.58. The summed E-state index contributed by atoms with van der Waals surface area (Å²) in [7, 11) is 0. The van der Waals surface area contributed by atoms with Gasteiger partial charge in [0.1, 0.15) is 5.82 Å². The van der Waals surface area contributed by atoms with Gasteiger partial charge in [0.2, 0.25) is 0 Å². The Morgan fingerprint density at radius 2 is 1.81 bits per heavy atom. The Hall–Kier alpha value is -1.17. The van der Waals surface area contributed by atoms with Gasteiger partial charge in [-0.05, 0) is 34.1 Å². The van der Waals surface area contributed by atoms with Crippen LogP contribution in [0.1, 0.15) is 12.8 Å². The summed E-state index contributed by atoms with van der Waals surface area (Å²) in [6.07, 6.45) is 1.81. The van der Waals surface area contributed by atoms with Crippen molar-refractivity contribution in [3.8, 4) is 0 Å². The van der Waals surface area contributed by atoms with Gasteiger partial charge in [-0.15, -0.1) is 0 Å². The fraction of sp³-hybridized carbons (Fsp3) is 0.438. The molecule has 2 saturated heterocycles. The Morgan fingerprint density at radius 3 is 2.57 bits per heavy atom. The molecule has 2 aromatic rings. The number of piperidine rings is 1. The van der Waals surface area contributed by atoms with Crippen molar-refractivity contribution in [3.63, 3.8) is 0 Å².